The highest BCUT2D eigenvalue weighted by atomic mass is 16.6. The van der Waals surface area contributed by atoms with Gasteiger partial charge < -0.3 is 24.6 Å². The number of nitrogens with one attached hydrogen (secondary N) is 1. The molecule has 2 heterocycles. The molecule has 0 unspecified atom stereocenters. The average molecular weight is 423 g/mol. The number of ether oxygens (including phenoxy) is 1. The van der Waals surface area contributed by atoms with E-state index in [9.17, 15) is 19.5 Å². The highest BCUT2D eigenvalue weighted by molar-refractivity contribution is 5.75. The predicted molar refractivity (Wildman–Crippen MR) is 114 cm³/mol. The minimum Gasteiger partial charge on any atom is -0.508 e. The zero-order valence-corrected chi connectivity index (χ0v) is 18.4. The summed E-state index contributed by atoms with van der Waals surface area (Å²) in [7, 11) is 0. The Kier molecular flexibility index (Phi) is 8.28. The summed E-state index contributed by atoms with van der Waals surface area (Å²) in [5.74, 6) is -0.172. The Bertz CT molecular complexity index is 792. The molecule has 2 rings (SSSR count). The number of carbonyl (C=O) groups is 2. The molecule has 1 fully saturated rings. The third kappa shape index (κ3) is 7.70. The minimum absolute atomic E-state index is 0.0647. The molecule has 168 valence electrons. The van der Waals surface area contributed by atoms with E-state index in [1.807, 2.05) is 20.8 Å². The van der Waals surface area contributed by atoms with Crippen molar-refractivity contribution in [3.63, 3.8) is 0 Å². The van der Waals surface area contributed by atoms with Crippen LogP contribution in [0, 0.1) is 6.92 Å². The molecule has 1 aliphatic rings. The largest absolute Gasteiger partial charge is 0.508 e. The lowest BCUT2D eigenvalue weighted by Gasteiger charge is -2.35. The smallest absolute Gasteiger partial charge is 0.410 e. The van der Waals surface area contributed by atoms with Crippen molar-refractivity contribution < 1.29 is 19.4 Å². The monoisotopic (exact) mass is 422 g/mol. The molecular formula is C21H34N4O5. The predicted octanol–water partition coefficient (Wildman–Crippen LogP) is 1.31. The van der Waals surface area contributed by atoms with Gasteiger partial charge in [0.05, 0.1) is 0 Å². The van der Waals surface area contributed by atoms with Gasteiger partial charge in [-0.1, -0.05) is 0 Å². The summed E-state index contributed by atoms with van der Waals surface area (Å²) in [6.45, 7) is 11.9. The molecule has 0 saturated carbocycles. The van der Waals surface area contributed by atoms with E-state index < -0.39 is 5.60 Å². The Balaban J connectivity index is 1.61. The molecule has 9 heteroatoms. The van der Waals surface area contributed by atoms with Crippen LogP contribution in [0.3, 0.4) is 0 Å². The van der Waals surface area contributed by atoms with E-state index in [1.54, 1.807) is 11.8 Å². The number of piperazine rings is 1. The first-order valence-electron chi connectivity index (χ1n) is 10.4. The van der Waals surface area contributed by atoms with Crippen molar-refractivity contribution in [1.29, 1.82) is 0 Å². The molecule has 2 N–H and O–H groups in total. The summed E-state index contributed by atoms with van der Waals surface area (Å²) >= 11 is 0. The third-order valence-corrected chi connectivity index (χ3v) is 4.88. The first kappa shape index (κ1) is 23.7. The van der Waals surface area contributed by atoms with Gasteiger partial charge in [0.2, 0.25) is 5.91 Å². The Morgan fingerprint density at radius 2 is 1.80 bits per heavy atom. The molecule has 0 aromatic carbocycles. The fraction of sp³-hybridized carbons (Fsp3) is 0.667. The van der Waals surface area contributed by atoms with Crippen molar-refractivity contribution in [2.75, 3.05) is 39.3 Å². The number of aromatic hydroxyl groups is 1. The first-order chi connectivity index (χ1) is 14.0. The third-order valence-electron chi connectivity index (χ3n) is 4.88. The summed E-state index contributed by atoms with van der Waals surface area (Å²) in [5.41, 5.74) is -0.176. The van der Waals surface area contributed by atoms with E-state index in [0.29, 0.717) is 25.3 Å². The van der Waals surface area contributed by atoms with Gasteiger partial charge in [-0.2, -0.15) is 0 Å². The number of hydrogen-bond donors (Lipinski definition) is 2. The fourth-order valence-electron chi connectivity index (χ4n) is 3.31. The molecule has 0 aliphatic carbocycles. The van der Waals surface area contributed by atoms with E-state index in [2.05, 4.69) is 10.2 Å². The van der Waals surface area contributed by atoms with Gasteiger partial charge >= 0.3 is 6.09 Å². The Morgan fingerprint density at radius 1 is 1.13 bits per heavy atom. The van der Waals surface area contributed by atoms with Crippen molar-refractivity contribution in [3.8, 4) is 5.75 Å². The van der Waals surface area contributed by atoms with E-state index in [-0.39, 0.29) is 36.3 Å². The molecule has 1 aromatic rings. The molecule has 9 nitrogen and oxygen atoms in total. The quantitative estimate of drug-likeness (QED) is 0.642. The average Bonchev–Trinajstić information content (AvgIpc) is 2.63. The van der Waals surface area contributed by atoms with Crippen LogP contribution in [-0.4, -0.2) is 76.3 Å². The maximum atomic E-state index is 12.1. The number of pyridine rings is 1. The van der Waals surface area contributed by atoms with Crippen LogP contribution in [-0.2, 0) is 16.1 Å². The van der Waals surface area contributed by atoms with Crippen molar-refractivity contribution in [2.24, 2.45) is 0 Å². The minimum atomic E-state index is -0.485. The topological polar surface area (TPSA) is 104 Å². The maximum Gasteiger partial charge on any atom is 0.410 e. The second kappa shape index (κ2) is 10.5. The highest BCUT2D eigenvalue weighted by Gasteiger charge is 2.25. The fourth-order valence-corrected chi connectivity index (χ4v) is 3.31. The van der Waals surface area contributed by atoms with E-state index in [0.717, 1.165) is 32.1 Å². The van der Waals surface area contributed by atoms with Crippen molar-refractivity contribution >= 4 is 12.0 Å². The Labute approximate surface area is 177 Å². The second-order valence-electron chi connectivity index (χ2n) is 8.61. The van der Waals surface area contributed by atoms with E-state index >= 15 is 0 Å². The van der Waals surface area contributed by atoms with Crippen LogP contribution in [0.5, 0.6) is 5.75 Å². The van der Waals surface area contributed by atoms with Crippen LogP contribution in [0.2, 0.25) is 0 Å². The summed E-state index contributed by atoms with van der Waals surface area (Å²) < 4.78 is 6.88. The number of aromatic nitrogens is 1. The van der Waals surface area contributed by atoms with Gasteiger partial charge in [0.15, 0.2) is 0 Å². The number of amides is 2. The number of nitrogens with zero attached hydrogens (tertiary/aromatic N) is 3. The molecule has 2 amide bonds. The molecule has 0 spiro atoms. The maximum absolute atomic E-state index is 12.1. The van der Waals surface area contributed by atoms with E-state index in [4.69, 9.17) is 4.74 Å². The van der Waals surface area contributed by atoms with Gasteiger partial charge in [0.1, 0.15) is 11.4 Å². The van der Waals surface area contributed by atoms with Gasteiger partial charge in [0.25, 0.3) is 5.56 Å². The normalized spacial score (nSPS) is 15.1. The molecule has 1 aliphatic heterocycles. The summed E-state index contributed by atoms with van der Waals surface area (Å²) in [6, 6.07) is 2.65. The van der Waals surface area contributed by atoms with Crippen LogP contribution in [0.1, 0.15) is 39.3 Å². The highest BCUT2D eigenvalue weighted by Crippen LogP contribution is 2.12. The molecule has 30 heavy (non-hydrogen) atoms. The molecule has 0 radical (unpaired) electrons. The van der Waals surface area contributed by atoms with Gasteiger partial charge in [-0.05, 0) is 46.7 Å². The second-order valence-corrected chi connectivity index (χ2v) is 8.61. The standard InChI is InChI=1S/C21H34N4O5/c1-16-14-17(26)15-19(28)25(16)9-6-18(27)22-7-5-8-23-10-12-24(13-11-23)20(29)30-21(2,3)4/h14-15,26H,5-13H2,1-4H3,(H,22,27). The van der Waals surface area contributed by atoms with Crippen molar-refractivity contribution in [2.45, 2.75) is 52.7 Å². The number of rotatable bonds is 7. The molecule has 0 atom stereocenters. The Morgan fingerprint density at radius 3 is 2.40 bits per heavy atom. The summed E-state index contributed by atoms with van der Waals surface area (Å²) in [4.78, 5) is 40.0. The van der Waals surface area contributed by atoms with Gasteiger partial charge in [-0.3, -0.25) is 14.5 Å². The first-order valence-corrected chi connectivity index (χ1v) is 10.4. The number of hydrogen-bond acceptors (Lipinski definition) is 6. The zero-order valence-electron chi connectivity index (χ0n) is 18.4. The van der Waals surface area contributed by atoms with Gasteiger partial charge in [-0.25, -0.2) is 4.79 Å². The molecule has 1 saturated heterocycles. The molecular weight excluding hydrogens is 388 g/mol. The van der Waals surface area contributed by atoms with Crippen LogP contribution in [0.25, 0.3) is 0 Å². The van der Waals surface area contributed by atoms with Crippen molar-refractivity contribution in [3.05, 3.63) is 28.2 Å². The SMILES string of the molecule is Cc1cc(O)cc(=O)n1CCC(=O)NCCCN1CCN(C(=O)OC(C)(C)C)CC1. The van der Waals surface area contributed by atoms with Crippen molar-refractivity contribution in [1.82, 2.24) is 19.7 Å². The lowest BCUT2D eigenvalue weighted by Crippen LogP contribution is -2.50. The zero-order chi connectivity index (χ0) is 22.3. The van der Waals surface area contributed by atoms with Gasteiger partial charge in [-0.15, -0.1) is 0 Å². The van der Waals surface area contributed by atoms with Gasteiger partial charge in [0, 0.05) is 57.4 Å². The lowest BCUT2D eigenvalue weighted by atomic mass is 10.2. The number of aryl methyl sites for hydroxylation is 1. The summed E-state index contributed by atoms with van der Waals surface area (Å²) in [5, 5.41) is 12.3. The lowest BCUT2D eigenvalue weighted by molar-refractivity contribution is -0.121. The molecule has 0 bridgehead atoms. The van der Waals surface area contributed by atoms with Crippen LogP contribution < -0.4 is 10.9 Å². The van der Waals surface area contributed by atoms with Crippen LogP contribution in [0.4, 0.5) is 4.79 Å². The summed E-state index contributed by atoms with van der Waals surface area (Å²) in [6.07, 6.45) is 0.758. The van der Waals surface area contributed by atoms with Crippen LogP contribution >= 0.6 is 0 Å². The number of carbonyl (C=O) groups excluding carboxylic acids is 2. The molecule has 1 aromatic heterocycles. The Hall–Kier alpha value is -2.55. The van der Waals surface area contributed by atoms with E-state index in [1.165, 1.54) is 10.6 Å². The van der Waals surface area contributed by atoms with Crippen LogP contribution in [0.15, 0.2) is 16.9 Å².